The molecule has 4 nitrogen and oxygen atoms in total. The lowest BCUT2D eigenvalue weighted by atomic mass is 9.78. The molecule has 5 heteroatoms. The maximum absolute atomic E-state index is 6.08. The van der Waals surface area contributed by atoms with Gasteiger partial charge >= 0.3 is 0 Å². The number of thiophene rings is 1. The van der Waals surface area contributed by atoms with E-state index in [2.05, 4.69) is 60.8 Å². The monoisotopic (exact) mass is 365 g/mol. The summed E-state index contributed by atoms with van der Waals surface area (Å²) in [7, 11) is 1.85. The number of ether oxygens (including phenoxy) is 1. The Labute approximate surface area is 157 Å². The fourth-order valence-electron chi connectivity index (χ4n) is 3.57. The van der Waals surface area contributed by atoms with Crippen LogP contribution in [-0.4, -0.2) is 38.8 Å². The summed E-state index contributed by atoms with van der Waals surface area (Å²) in [6.45, 7) is 11.8. The molecule has 142 valence electrons. The lowest BCUT2D eigenvalue weighted by Crippen LogP contribution is -2.48. The molecule has 3 unspecified atom stereocenters. The Morgan fingerprint density at radius 2 is 2.20 bits per heavy atom. The maximum atomic E-state index is 6.08. The lowest BCUT2D eigenvalue weighted by molar-refractivity contribution is -0.0835. The highest BCUT2D eigenvalue weighted by atomic mass is 32.1. The van der Waals surface area contributed by atoms with Crippen molar-refractivity contribution < 1.29 is 4.74 Å². The quantitative estimate of drug-likeness (QED) is 0.593. The van der Waals surface area contributed by atoms with Gasteiger partial charge in [0.15, 0.2) is 5.96 Å². The standard InChI is InChI=1S/C20H35N3OS/c1-15(12-17-9-7-11-25-17)13-22-19(21-5)23-14-16-8-6-10-24-18(16)20(2,3)4/h7,9,11,15-16,18H,6,8,10,12-14H2,1-5H3,(H2,21,22,23). The van der Waals surface area contributed by atoms with Crippen molar-refractivity contribution in [3.8, 4) is 0 Å². The van der Waals surface area contributed by atoms with Gasteiger partial charge in [-0.25, -0.2) is 0 Å². The summed E-state index contributed by atoms with van der Waals surface area (Å²) >= 11 is 1.84. The van der Waals surface area contributed by atoms with E-state index in [1.54, 1.807) is 0 Å². The number of hydrogen-bond donors (Lipinski definition) is 2. The Hall–Kier alpha value is -1.07. The third kappa shape index (κ3) is 6.63. The Bertz CT molecular complexity index is 522. The van der Waals surface area contributed by atoms with Crippen molar-refractivity contribution in [3.05, 3.63) is 22.4 Å². The van der Waals surface area contributed by atoms with E-state index in [9.17, 15) is 0 Å². The van der Waals surface area contributed by atoms with Crippen molar-refractivity contribution in [2.24, 2.45) is 22.2 Å². The molecule has 0 radical (unpaired) electrons. The highest BCUT2D eigenvalue weighted by molar-refractivity contribution is 7.09. The van der Waals surface area contributed by atoms with E-state index in [0.29, 0.717) is 17.9 Å². The van der Waals surface area contributed by atoms with Gasteiger partial charge in [0.05, 0.1) is 6.10 Å². The number of aliphatic imine (C=N–C) groups is 1. The summed E-state index contributed by atoms with van der Waals surface area (Å²) in [5, 5.41) is 9.14. The molecule has 0 amide bonds. The van der Waals surface area contributed by atoms with E-state index >= 15 is 0 Å². The van der Waals surface area contributed by atoms with Crippen molar-refractivity contribution in [2.75, 3.05) is 26.7 Å². The highest BCUT2D eigenvalue weighted by Gasteiger charge is 2.35. The van der Waals surface area contributed by atoms with Crippen molar-refractivity contribution in [1.29, 1.82) is 0 Å². The van der Waals surface area contributed by atoms with Gasteiger partial charge in [-0.2, -0.15) is 0 Å². The van der Waals surface area contributed by atoms with Crippen molar-refractivity contribution in [3.63, 3.8) is 0 Å². The molecular formula is C20H35N3OS. The fourth-order valence-corrected chi connectivity index (χ4v) is 4.44. The van der Waals surface area contributed by atoms with Crippen LogP contribution in [0.4, 0.5) is 0 Å². The van der Waals surface area contributed by atoms with Crippen LogP contribution in [0.5, 0.6) is 0 Å². The number of nitrogens with one attached hydrogen (secondary N) is 2. The predicted molar refractivity (Wildman–Crippen MR) is 108 cm³/mol. The van der Waals surface area contributed by atoms with Crippen molar-refractivity contribution in [1.82, 2.24) is 10.6 Å². The molecule has 0 spiro atoms. The highest BCUT2D eigenvalue weighted by Crippen LogP contribution is 2.33. The molecule has 25 heavy (non-hydrogen) atoms. The summed E-state index contributed by atoms with van der Waals surface area (Å²) in [5.74, 6) is 2.02. The molecule has 0 bridgehead atoms. The average molecular weight is 366 g/mol. The largest absolute Gasteiger partial charge is 0.377 e. The SMILES string of the molecule is CN=C(NCC(C)Cc1cccs1)NCC1CCCOC1C(C)(C)C. The Balaban J connectivity index is 1.77. The van der Waals surface area contributed by atoms with Crippen LogP contribution in [0, 0.1) is 17.3 Å². The number of hydrogen-bond acceptors (Lipinski definition) is 3. The number of rotatable bonds is 6. The topological polar surface area (TPSA) is 45.7 Å². The Kier molecular flexibility index (Phi) is 7.76. The van der Waals surface area contributed by atoms with Gasteiger partial charge in [-0.1, -0.05) is 33.8 Å². The first-order valence-corrected chi connectivity index (χ1v) is 10.4. The van der Waals surface area contributed by atoms with Crippen LogP contribution < -0.4 is 10.6 Å². The van der Waals surface area contributed by atoms with Gasteiger partial charge < -0.3 is 15.4 Å². The van der Waals surface area contributed by atoms with E-state index in [0.717, 1.165) is 38.5 Å². The first-order valence-electron chi connectivity index (χ1n) is 9.48. The average Bonchev–Trinajstić information content (AvgIpc) is 3.07. The van der Waals surface area contributed by atoms with Gasteiger partial charge in [-0.15, -0.1) is 11.3 Å². The van der Waals surface area contributed by atoms with E-state index in [1.807, 2.05) is 18.4 Å². The molecule has 0 saturated carbocycles. The van der Waals surface area contributed by atoms with Gasteiger partial charge in [-0.3, -0.25) is 4.99 Å². The van der Waals surface area contributed by atoms with Crippen LogP contribution >= 0.6 is 11.3 Å². The molecule has 1 aromatic rings. The normalized spacial score (nSPS) is 23.3. The van der Waals surface area contributed by atoms with E-state index in [4.69, 9.17) is 4.74 Å². The van der Waals surface area contributed by atoms with Gasteiger partial charge in [0.1, 0.15) is 0 Å². The van der Waals surface area contributed by atoms with Gasteiger partial charge in [0.25, 0.3) is 0 Å². The lowest BCUT2D eigenvalue weighted by Gasteiger charge is -2.40. The van der Waals surface area contributed by atoms with Crippen LogP contribution in [0.2, 0.25) is 0 Å². The molecule has 1 fully saturated rings. The Morgan fingerprint density at radius 1 is 1.40 bits per heavy atom. The maximum Gasteiger partial charge on any atom is 0.190 e. The van der Waals surface area contributed by atoms with Crippen LogP contribution in [0.25, 0.3) is 0 Å². The molecular weight excluding hydrogens is 330 g/mol. The molecule has 1 aliphatic heterocycles. The van der Waals surface area contributed by atoms with E-state index < -0.39 is 0 Å². The predicted octanol–water partition coefficient (Wildman–Crippen LogP) is 3.93. The fraction of sp³-hybridized carbons (Fsp3) is 0.750. The van der Waals surface area contributed by atoms with Crippen molar-refractivity contribution in [2.45, 2.75) is 53.1 Å². The number of nitrogens with zero attached hydrogens (tertiary/aromatic N) is 1. The Morgan fingerprint density at radius 3 is 2.84 bits per heavy atom. The molecule has 0 aromatic carbocycles. The van der Waals surface area contributed by atoms with E-state index in [-0.39, 0.29) is 5.41 Å². The molecule has 2 rings (SSSR count). The second kappa shape index (κ2) is 9.58. The summed E-state index contributed by atoms with van der Waals surface area (Å²) < 4.78 is 6.08. The first kappa shape index (κ1) is 20.2. The summed E-state index contributed by atoms with van der Waals surface area (Å²) in [4.78, 5) is 5.83. The molecule has 1 saturated heterocycles. The van der Waals surface area contributed by atoms with Crippen LogP contribution in [0.1, 0.15) is 45.4 Å². The zero-order chi connectivity index (χ0) is 18.3. The first-order chi connectivity index (χ1) is 11.9. The minimum atomic E-state index is 0.180. The third-order valence-electron chi connectivity index (χ3n) is 4.80. The summed E-state index contributed by atoms with van der Waals surface area (Å²) in [6.07, 6.45) is 3.80. The van der Waals surface area contributed by atoms with Crippen molar-refractivity contribution >= 4 is 17.3 Å². The molecule has 2 heterocycles. The van der Waals surface area contributed by atoms with Gasteiger partial charge in [0.2, 0.25) is 0 Å². The molecule has 2 N–H and O–H groups in total. The zero-order valence-electron chi connectivity index (χ0n) is 16.5. The molecule has 1 aliphatic rings. The number of guanidine groups is 1. The van der Waals surface area contributed by atoms with E-state index in [1.165, 1.54) is 11.3 Å². The minimum Gasteiger partial charge on any atom is -0.377 e. The second-order valence-corrected chi connectivity index (χ2v) is 9.31. The smallest absolute Gasteiger partial charge is 0.190 e. The summed E-state index contributed by atoms with van der Waals surface area (Å²) in [5.41, 5.74) is 0.180. The molecule has 1 aromatic heterocycles. The van der Waals surface area contributed by atoms with Gasteiger partial charge in [0, 0.05) is 37.5 Å². The second-order valence-electron chi connectivity index (χ2n) is 8.28. The zero-order valence-corrected chi connectivity index (χ0v) is 17.3. The molecule has 0 aliphatic carbocycles. The minimum absolute atomic E-state index is 0.180. The van der Waals surface area contributed by atoms with Crippen LogP contribution in [0.15, 0.2) is 22.5 Å². The summed E-state index contributed by atoms with van der Waals surface area (Å²) in [6, 6.07) is 4.34. The third-order valence-corrected chi connectivity index (χ3v) is 5.70. The van der Waals surface area contributed by atoms with Gasteiger partial charge in [-0.05, 0) is 42.0 Å². The van der Waals surface area contributed by atoms with Crippen LogP contribution in [-0.2, 0) is 11.2 Å². The molecule has 3 atom stereocenters. The van der Waals surface area contributed by atoms with Crippen LogP contribution in [0.3, 0.4) is 0 Å².